The molecule has 0 aliphatic carbocycles. The van der Waals surface area contributed by atoms with Crippen LogP contribution < -0.4 is 0 Å². The number of rotatable bonds is 4. The van der Waals surface area contributed by atoms with Crippen LogP contribution >= 0.6 is 11.6 Å². The van der Waals surface area contributed by atoms with Crippen LogP contribution in [-0.2, 0) is 20.9 Å². The van der Waals surface area contributed by atoms with Gasteiger partial charge in [0.05, 0.1) is 11.6 Å². The summed E-state index contributed by atoms with van der Waals surface area (Å²) in [5.41, 5.74) is 1.32. The summed E-state index contributed by atoms with van der Waals surface area (Å²) >= 11 is 5.76. The molecule has 0 radical (unpaired) electrons. The molecule has 2 heterocycles. The van der Waals surface area contributed by atoms with Crippen molar-refractivity contribution in [1.29, 1.82) is 0 Å². The molecule has 15 heteroatoms. The van der Waals surface area contributed by atoms with Crippen molar-refractivity contribution in [2.24, 2.45) is 11.3 Å². The number of hydrogen-bond donors (Lipinski definition) is 2. The van der Waals surface area contributed by atoms with Gasteiger partial charge in [-0.15, -0.1) is 0 Å². The zero-order valence-corrected chi connectivity index (χ0v) is 20.1. The predicted octanol–water partition coefficient (Wildman–Crippen LogP) is 4.15. The normalized spacial score (nSPS) is 22.6. The molecule has 2 aliphatic heterocycles. The van der Waals surface area contributed by atoms with E-state index in [1.807, 2.05) is 6.07 Å². The van der Waals surface area contributed by atoms with Crippen molar-refractivity contribution >= 4 is 23.5 Å². The number of halogens is 8. The first-order valence-corrected chi connectivity index (χ1v) is 10.7. The molecule has 2 atom stereocenters. The van der Waals surface area contributed by atoms with Crippen LogP contribution in [0.2, 0.25) is 5.02 Å². The summed E-state index contributed by atoms with van der Waals surface area (Å²) < 4.78 is 82.5. The fraction of sp³-hybridized carbons (Fsp3) is 0.619. The van der Waals surface area contributed by atoms with Crippen LogP contribution in [0.15, 0.2) is 18.2 Å². The van der Waals surface area contributed by atoms with E-state index >= 15 is 0 Å². The fourth-order valence-electron chi connectivity index (χ4n) is 4.21. The van der Waals surface area contributed by atoms with Gasteiger partial charge in [0.1, 0.15) is 5.82 Å². The van der Waals surface area contributed by atoms with Crippen LogP contribution in [0.5, 0.6) is 0 Å². The molecule has 0 bridgehead atoms. The lowest BCUT2D eigenvalue weighted by Crippen LogP contribution is -2.36. The van der Waals surface area contributed by atoms with E-state index in [1.54, 1.807) is 19.2 Å². The standard InChI is InChI=1S/C17H24ClFN2O.2C2HF3O2/c1-20-9-14(10-22-2)17(11-20)5-6-21(12-17)8-13-3-4-15(18)16(19)7-13;2*3-2(4,5)1(6)7/h3-4,7,14H,5-6,8-12H2,1-2H3;2*(H,6,7)/t14-,17-;;/m1../s1. The average molecular weight is 555 g/mol. The highest BCUT2D eigenvalue weighted by Crippen LogP contribution is 2.43. The van der Waals surface area contributed by atoms with Crippen LogP contribution in [0.25, 0.3) is 0 Å². The Balaban J connectivity index is 0.000000383. The number of alkyl halides is 6. The number of nitrogens with zero attached hydrogens (tertiary/aromatic N) is 2. The number of hydrogen-bond acceptors (Lipinski definition) is 5. The Morgan fingerprint density at radius 1 is 1.11 bits per heavy atom. The highest BCUT2D eigenvalue weighted by molar-refractivity contribution is 6.30. The average Bonchev–Trinajstić information content (AvgIpc) is 3.27. The minimum absolute atomic E-state index is 0.194. The number of carboxylic acids is 2. The molecule has 0 unspecified atom stereocenters. The highest BCUT2D eigenvalue weighted by atomic mass is 35.5. The number of methoxy groups -OCH3 is 1. The topological polar surface area (TPSA) is 90.3 Å². The number of aliphatic carboxylic acids is 2. The van der Waals surface area contributed by atoms with Crippen LogP contribution in [0.3, 0.4) is 0 Å². The van der Waals surface area contributed by atoms with E-state index in [2.05, 4.69) is 16.8 Å². The summed E-state index contributed by atoms with van der Waals surface area (Å²) in [7, 11) is 3.98. The lowest BCUT2D eigenvalue weighted by Gasteiger charge is -2.30. The van der Waals surface area contributed by atoms with Crippen molar-refractivity contribution in [2.75, 3.05) is 46.9 Å². The molecule has 1 aromatic rings. The summed E-state index contributed by atoms with van der Waals surface area (Å²) in [4.78, 5) is 22.6. The number of benzene rings is 1. The number of ether oxygens (including phenoxy) is 1. The first kappa shape index (κ1) is 31.9. The summed E-state index contributed by atoms with van der Waals surface area (Å²) in [5.74, 6) is -5.25. The predicted molar refractivity (Wildman–Crippen MR) is 114 cm³/mol. The molecule has 2 aliphatic rings. The minimum atomic E-state index is -5.08. The van der Waals surface area contributed by atoms with Gasteiger partial charge in [0, 0.05) is 44.6 Å². The second-order valence-corrected chi connectivity index (χ2v) is 8.93. The Hall–Kier alpha value is -2.16. The molecule has 1 spiro atoms. The van der Waals surface area contributed by atoms with Gasteiger partial charge in [-0.05, 0) is 37.7 Å². The maximum Gasteiger partial charge on any atom is 0.490 e. The Bertz CT molecular complexity index is 876. The Morgan fingerprint density at radius 3 is 2.08 bits per heavy atom. The Kier molecular flexibility index (Phi) is 11.4. The first-order valence-electron chi connectivity index (χ1n) is 10.4. The van der Waals surface area contributed by atoms with Crippen molar-refractivity contribution in [1.82, 2.24) is 9.80 Å². The summed E-state index contributed by atoms with van der Waals surface area (Å²) in [6.07, 6.45) is -8.97. The second-order valence-electron chi connectivity index (χ2n) is 8.53. The fourth-order valence-corrected chi connectivity index (χ4v) is 4.33. The van der Waals surface area contributed by atoms with Crippen molar-refractivity contribution in [2.45, 2.75) is 25.3 Å². The quantitative estimate of drug-likeness (QED) is 0.541. The Morgan fingerprint density at radius 2 is 1.64 bits per heavy atom. The molecular formula is C21H26ClF7N2O5. The smallest absolute Gasteiger partial charge is 0.475 e. The van der Waals surface area contributed by atoms with Gasteiger partial charge in [-0.2, -0.15) is 26.3 Å². The van der Waals surface area contributed by atoms with E-state index in [0.29, 0.717) is 11.3 Å². The highest BCUT2D eigenvalue weighted by Gasteiger charge is 2.49. The zero-order valence-electron chi connectivity index (χ0n) is 19.3. The van der Waals surface area contributed by atoms with Gasteiger partial charge >= 0.3 is 24.3 Å². The first-order chi connectivity index (χ1) is 16.4. The van der Waals surface area contributed by atoms with Crippen molar-refractivity contribution in [3.63, 3.8) is 0 Å². The van der Waals surface area contributed by atoms with Crippen LogP contribution in [0.4, 0.5) is 30.7 Å². The van der Waals surface area contributed by atoms with Gasteiger partial charge in [-0.1, -0.05) is 17.7 Å². The summed E-state index contributed by atoms with van der Waals surface area (Å²) in [6, 6.07) is 5.12. The molecular weight excluding hydrogens is 529 g/mol. The molecule has 2 saturated heterocycles. The number of carbonyl (C=O) groups is 2. The SMILES string of the molecule is COC[C@H]1CN(C)C[C@@]12CCN(Cc1ccc(Cl)c(F)c1)C2.O=C(O)C(F)(F)F.O=C(O)C(F)(F)F. The van der Waals surface area contributed by atoms with Gasteiger partial charge < -0.3 is 19.8 Å². The van der Waals surface area contributed by atoms with Gasteiger partial charge in [0.15, 0.2) is 0 Å². The molecule has 7 nitrogen and oxygen atoms in total. The maximum atomic E-state index is 13.6. The van der Waals surface area contributed by atoms with E-state index in [-0.39, 0.29) is 10.8 Å². The third kappa shape index (κ3) is 9.71. The maximum absolute atomic E-state index is 13.6. The van der Waals surface area contributed by atoms with E-state index < -0.39 is 24.3 Å². The summed E-state index contributed by atoms with van der Waals surface area (Å²) in [5, 5.41) is 14.4. The molecule has 0 saturated carbocycles. The third-order valence-electron chi connectivity index (χ3n) is 5.69. The van der Waals surface area contributed by atoms with E-state index in [4.69, 9.17) is 36.1 Å². The molecule has 3 rings (SSSR count). The third-order valence-corrected chi connectivity index (χ3v) is 6.00. The zero-order chi connectivity index (χ0) is 27.9. The molecule has 36 heavy (non-hydrogen) atoms. The van der Waals surface area contributed by atoms with Gasteiger partial charge in [-0.25, -0.2) is 14.0 Å². The van der Waals surface area contributed by atoms with Gasteiger partial charge in [0.25, 0.3) is 0 Å². The van der Waals surface area contributed by atoms with E-state index in [1.165, 1.54) is 6.42 Å². The van der Waals surface area contributed by atoms with Crippen molar-refractivity contribution in [3.05, 3.63) is 34.6 Å². The molecule has 1 aromatic carbocycles. The van der Waals surface area contributed by atoms with E-state index in [9.17, 15) is 30.7 Å². The second kappa shape index (κ2) is 12.9. The van der Waals surface area contributed by atoms with Crippen molar-refractivity contribution in [3.8, 4) is 0 Å². The molecule has 0 amide bonds. The monoisotopic (exact) mass is 554 g/mol. The summed E-state index contributed by atoms with van der Waals surface area (Å²) in [6.45, 7) is 5.99. The Labute approximate surface area is 207 Å². The molecule has 2 fully saturated rings. The van der Waals surface area contributed by atoms with Crippen LogP contribution in [-0.4, -0.2) is 91.2 Å². The molecule has 206 valence electrons. The minimum Gasteiger partial charge on any atom is -0.475 e. The van der Waals surface area contributed by atoms with Gasteiger partial charge in [-0.3, -0.25) is 4.90 Å². The number of carboxylic acid groups (broad SMARTS) is 2. The number of likely N-dealkylation sites (tertiary alicyclic amines) is 2. The molecule has 0 aromatic heterocycles. The van der Waals surface area contributed by atoms with Crippen LogP contribution in [0.1, 0.15) is 12.0 Å². The lowest BCUT2D eigenvalue weighted by molar-refractivity contribution is -0.193. The van der Waals surface area contributed by atoms with E-state index in [0.717, 1.165) is 44.9 Å². The lowest BCUT2D eigenvalue weighted by atomic mass is 9.77. The largest absolute Gasteiger partial charge is 0.490 e. The van der Waals surface area contributed by atoms with Crippen LogP contribution in [0, 0.1) is 17.2 Å². The molecule has 2 N–H and O–H groups in total. The van der Waals surface area contributed by atoms with Gasteiger partial charge in [0.2, 0.25) is 0 Å². The van der Waals surface area contributed by atoms with Crippen molar-refractivity contribution < 1.29 is 55.3 Å².